The Labute approximate surface area is 77.4 Å². The van der Waals surface area contributed by atoms with E-state index in [1.807, 2.05) is 6.08 Å². The molecule has 0 aromatic carbocycles. The third kappa shape index (κ3) is 1.04. The molecule has 0 bridgehead atoms. The lowest BCUT2D eigenvalue weighted by Crippen LogP contribution is -1.86. The molecular weight excluding hydrogens is 227 g/mol. The molecule has 11 heavy (non-hydrogen) atoms. The molecule has 0 unspecified atom stereocenters. The molecular formula is C7H3BrClN2. The van der Waals surface area contributed by atoms with Crippen molar-refractivity contribution in [3.63, 3.8) is 0 Å². The van der Waals surface area contributed by atoms with E-state index in [-0.39, 0.29) is 0 Å². The highest BCUT2D eigenvalue weighted by molar-refractivity contribution is 9.10. The molecule has 0 amide bonds. The monoisotopic (exact) mass is 229 g/mol. The van der Waals surface area contributed by atoms with Crippen LogP contribution in [0.4, 0.5) is 5.69 Å². The minimum Gasteiger partial charge on any atom is -0.255 e. The topological polar surface area (TPSA) is 27.0 Å². The number of halogens is 2. The summed E-state index contributed by atoms with van der Waals surface area (Å²) in [5.41, 5.74) is 1.76. The predicted octanol–water partition coefficient (Wildman–Crippen LogP) is 2.72. The van der Waals surface area contributed by atoms with Crippen molar-refractivity contribution in [2.24, 2.45) is 0 Å². The van der Waals surface area contributed by atoms with Crippen molar-refractivity contribution in [2.75, 3.05) is 0 Å². The fourth-order valence-corrected chi connectivity index (χ4v) is 1.56. The van der Waals surface area contributed by atoms with E-state index in [9.17, 15) is 0 Å². The first-order valence-corrected chi connectivity index (χ1v) is 4.17. The largest absolute Gasteiger partial charge is 0.255 e. The summed E-state index contributed by atoms with van der Waals surface area (Å²) in [6.07, 6.45) is 5.17. The van der Waals surface area contributed by atoms with Gasteiger partial charge in [0.25, 0.3) is 0 Å². The number of hydrogen-bond donors (Lipinski definition) is 0. The van der Waals surface area contributed by atoms with Crippen molar-refractivity contribution >= 4 is 39.3 Å². The standard InChI is InChI=1S/C7H3BrClN2/c8-7-4-1-2-10-6(4)5(9)3-11-7/h1-3H. The van der Waals surface area contributed by atoms with Crippen molar-refractivity contribution in [3.8, 4) is 0 Å². The summed E-state index contributed by atoms with van der Waals surface area (Å²) in [5.74, 6) is 0. The fraction of sp³-hybridized carbons (Fsp3) is 0. The highest BCUT2D eigenvalue weighted by atomic mass is 79.9. The number of nitrogens with zero attached hydrogens (tertiary/aromatic N) is 2. The Balaban J connectivity index is 2.71. The molecule has 2 nitrogen and oxygen atoms in total. The number of aromatic nitrogens is 1. The van der Waals surface area contributed by atoms with Gasteiger partial charge in [-0.3, -0.25) is 5.32 Å². The zero-order valence-corrected chi connectivity index (χ0v) is 7.72. The molecule has 1 aliphatic heterocycles. The van der Waals surface area contributed by atoms with E-state index in [0.29, 0.717) is 5.02 Å². The van der Waals surface area contributed by atoms with Gasteiger partial charge in [0, 0.05) is 18.0 Å². The summed E-state index contributed by atoms with van der Waals surface area (Å²) >= 11 is 9.12. The maximum Gasteiger partial charge on any atom is 0.115 e. The van der Waals surface area contributed by atoms with Gasteiger partial charge in [0.1, 0.15) is 4.60 Å². The van der Waals surface area contributed by atoms with Crippen LogP contribution in [0.25, 0.3) is 6.08 Å². The van der Waals surface area contributed by atoms with E-state index < -0.39 is 0 Å². The van der Waals surface area contributed by atoms with Crippen LogP contribution < -0.4 is 5.32 Å². The Morgan fingerprint density at radius 3 is 3.00 bits per heavy atom. The minimum absolute atomic E-state index is 0.591. The lowest BCUT2D eigenvalue weighted by molar-refractivity contribution is 1.18. The van der Waals surface area contributed by atoms with Crippen LogP contribution in [0.2, 0.25) is 5.02 Å². The van der Waals surface area contributed by atoms with Crippen molar-refractivity contribution in [1.82, 2.24) is 10.3 Å². The van der Waals surface area contributed by atoms with Crippen LogP contribution in [0, 0.1) is 0 Å². The number of pyridine rings is 1. The Kier molecular flexibility index (Phi) is 1.62. The molecule has 0 fully saturated rings. The third-order valence-electron chi connectivity index (χ3n) is 1.44. The molecule has 1 aromatic rings. The molecule has 0 spiro atoms. The van der Waals surface area contributed by atoms with E-state index >= 15 is 0 Å². The number of fused-ring (bicyclic) bond motifs is 1. The maximum atomic E-state index is 5.82. The van der Waals surface area contributed by atoms with E-state index in [1.54, 1.807) is 12.4 Å². The first kappa shape index (κ1) is 7.13. The van der Waals surface area contributed by atoms with Gasteiger partial charge in [-0.05, 0) is 22.0 Å². The van der Waals surface area contributed by atoms with Gasteiger partial charge in [0.15, 0.2) is 0 Å². The lowest BCUT2D eigenvalue weighted by Gasteiger charge is -2.00. The summed E-state index contributed by atoms with van der Waals surface area (Å²) in [6, 6.07) is 0. The van der Waals surface area contributed by atoms with Crippen LogP contribution in [0.3, 0.4) is 0 Å². The Morgan fingerprint density at radius 2 is 2.27 bits per heavy atom. The first-order valence-electron chi connectivity index (χ1n) is 3.00. The second-order valence-electron chi connectivity index (χ2n) is 2.10. The van der Waals surface area contributed by atoms with Gasteiger partial charge in [0.2, 0.25) is 0 Å². The average molecular weight is 230 g/mol. The smallest absolute Gasteiger partial charge is 0.115 e. The fourth-order valence-electron chi connectivity index (χ4n) is 0.936. The van der Waals surface area contributed by atoms with Crippen LogP contribution in [0.15, 0.2) is 17.0 Å². The van der Waals surface area contributed by atoms with Crippen LogP contribution >= 0.6 is 27.5 Å². The maximum absolute atomic E-state index is 5.82. The average Bonchev–Trinajstić information content (AvgIpc) is 2.45. The molecule has 2 rings (SSSR count). The van der Waals surface area contributed by atoms with E-state index in [2.05, 4.69) is 26.2 Å². The second kappa shape index (κ2) is 2.50. The Hall–Kier alpha value is -0.540. The van der Waals surface area contributed by atoms with Gasteiger partial charge >= 0.3 is 0 Å². The van der Waals surface area contributed by atoms with Crippen molar-refractivity contribution in [3.05, 3.63) is 27.6 Å². The van der Waals surface area contributed by atoms with Gasteiger partial charge in [-0.25, -0.2) is 4.98 Å². The van der Waals surface area contributed by atoms with E-state index in [1.165, 1.54) is 0 Å². The summed E-state index contributed by atoms with van der Waals surface area (Å²) in [5, 5.41) is 4.67. The second-order valence-corrected chi connectivity index (χ2v) is 3.26. The molecule has 55 valence electrons. The Morgan fingerprint density at radius 1 is 1.45 bits per heavy atom. The molecule has 4 heteroatoms. The highest BCUT2D eigenvalue weighted by Crippen LogP contribution is 2.34. The lowest BCUT2D eigenvalue weighted by atomic mass is 10.3. The van der Waals surface area contributed by atoms with Gasteiger partial charge in [-0.1, -0.05) is 11.6 Å². The van der Waals surface area contributed by atoms with Gasteiger partial charge in [-0.15, -0.1) is 0 Å². The predicted molar refractivity (Wildman–Crippen MR) is 47.8 cm³/mol. The van der Waals surface area contributed by atoms with Crippen LogP contribution in [0.1, 0.15) is 5.56 Å². The van der Waals surface area contributed by atoms with Gasteiger partial charge in [-0.2, -0.15) is 0 Å². The normalized spacial score (nSPS) is 12.9. The SMILES string of the molecule is Clc1cnc(Br)c2c1[N]C=C2. The van der Waals surface area contributed by atoms with Crippen molar-refractivity contribution in [1.29, 1.82) is 0 Å². The molecule has 1 aliphatic rings. The van der Waals surface area contributed by atoms with Crippen LogP contribution in [-0.4, -0.2) is 4.98 Å². The Bertz CT molecular complexity index is 335. The van der Waals surface area contributed by atoms with Crippen molar-refractivity contribution < 1.29 is 0 Å². The summed E-state index contributed by atoms with van der Waals surface area (Å²) < 4.78 is 0.786. The van der Waals surface area contributed by atoms with Gasteiger partial charge in [0.05, 0.1) is 10.7 Å². The van der Waals surface area contributed by atoms with Gasteiger partial charge < -0.3 is 0 Å². The number of hydrogen-bond acceptors (Lipinski definition) is 1. The molecule has 0 saturated heterocycles. The van der Waals surface area contributed by atoms with Crippen LogP contribution in [-0.2, 0) is 0 Å². The molecule has 0 atom stereocenters. The number of rotatable bonds is 0. The minimum atomic E-state index is 0.591. The van der Waals surface area contributed by atoms with E-state index in [4.69, 9.17) is 11.6 Å². The molecule has 0 N–H and O–H groups in total. The zero-order valence-electron chi connectivity index (χ0n) is 5.38. The third-order valence-corrected chi connectivity index (χ3v) is 2.35. The van der Waals surface area contributed by atoms with E-state index in [0.717, 1.165) is 15.9 Å². The summed E-state index contributed by atoms with van der Waals surface area (Å²) in [6.45, 7) is 0. The first-order chi connectivity index (χ1) is 5.29. The molecule has 1 aromatic heterocycles. The zero-order chi connectivity index (χ0) is 7.84. The quantitative estimate of drug-likeness (QED) is 0.630. The van der Waals surface area contributed by atoms with Crippen molar-refractivity contribution in [2.45, 2.75) is 0 Å². The summed E-state index contributed by atoms with van der Waals surface area (Å²) in [4.78, 5) is 4.02. The summed E-state index contributed by atoms with van der Waals surface area (Å²) in [7, 11) is 0. The molecule has 2 heterocycles. The molecule has 0 aliphatic carbocycles. The molecule has 1 radical (unpaired) electrons. The highest BCUT2D eigenvalue weighted by Gasteiger charge is 2.13. The van der Waals surface area contributed by atoms with Crippen LogP contribution in [0.5, 0.6) is 0 Å². The molecule has 0 saturated carbocycles.